The van der Waals surface area contributed by atoms with Crippen LogP contribution in [-0.4, -0.2) is 125 Å². The van der Waals surface area contributed by atoms with Crippen molar-refractivity contribution in [3.8, 4) is 0 Å². The van der Waals surface area contributed by atoms with Gasteiger partial charge in [-0.15, -0.1) is 0 Å². The van der Waals surface area contributed by atoms with E-state index >= 15 is 0 Å². The zero-order valence-corrected chi connectivity index (χ0v) is 23.7. The number of carbonyl (C=O) groups is 3. The zero-order valence-electron chi connectivity index (χ0n) is 23.7. The first-order valence-electron chi connectivity index (χ1n) is 14.8. The number of hydrogen-bond donors (Lipinski definition) is 1. The molecule has 10 nitrogen and oxygen atoms in total. The molecule has 3 saturated heterocycles. The van der Waals surface area contributed by atoms with Crippen LogP contribution in [0.3, 0.4) is 0 Å². The molecule has 5 heterocycles. The molecule has 0 saturated carbocycles. The molecule has 0 aliphatic carbocycles. The molecule has 10 heteroatoms. The number of aliphatic hydroxyl groups is 1. The molecule has 0 radical (unpaired) electrons. The minimum atomic E-state index is -1.27. The lowest BCUT2D eigenvalue weighted by atomic mass is 9.74. The Hall–Kier alpha value is -3.05. The standard InChI is InChI=1S/C31H40N4O6/c1-30-10-5-13-34(22-23-8-3-2-4-9-23)27(37)24(30)25-28(38)35(14-7-19-36)26-29(39)33(12-6-11-31(25,26)41-30)16-15-32-17-20-40-21-18-32/h2-6,8-11,24-26,36H,7,12-22H2,1H3/t24-,25-,26?,30+,31-/m0/s1. The molecule has 5 aliphatic heterocycles. The summed E-state index contributed by atoms with van der Waals surface area (Å²) in [6.45, 7) is 7.48. The summed E-state index contributed by atoms with van der Waals surface area (Å²) in [5.74, 6) is -2.20. The molecule has 1 aromatic carbocycles. The fraction of sp³-hybridized carbons (Fsp3) is 0.581. The van der Waals surface area contributed by atoms with Crippen molar-refractivity contribution in [1.29, 1.82) is 0 Å². The van der Waals surface area contributed by atoms with Crippen molar-refractivity contribution in [3.05, 3.63) is 60.2 Å². The molecule has 3 amide bonds. The Morgan fingerprint density at radius 1 is 0.878 bits per heavy atom. The zero-order chi connectivity index (χ0) is 28.6. The van der Waals surface area contributed by atoms with Crippen LogP contribution in [0.15, 0.2) is 54.6 Å². The maximum atomic E-state index is 14.3. The fourth-order valence-corrected chi connectivity index (χ4v) is 7.33. The van der Waals surface area contributed by atoms with Crippen molar-refractivity contribution in [2.24, 2.45) is 11.8 Å². The predicted octanol–water partition coefficient (Wildman–Crippen LogP) is 0.669. The second-order valence-corrected chi connectivity index (χ2v) is 11.9. The van der Waals surface area contributed by atoms with E-state index in [1.165, 1.54) is 0 Å². The van der Waals surface area contributed by atoms with Gasteiger partial charge in [-0.2, -0.15) is 0 Å². The lowest BCUT2D eigenvalue weighted by molar-refractivity contribution is -0.153. The number of ether oxygens (including phenoxy) is 2. The summed E-state index contributed by atoms with van der Waals surface area (Å²) >= 11 is 0. The van der Waals surface area contributed by atoms with Gasteiger partial charge in [0, 0.05) is 59.0 Å². The number of carbonyl (C=O) groups excluding carboxylic acids is 3. The summed E-state index contributed by atoms with van der Waals surface area (Å²) in [4.78, 5) is 50.3. The average Bonchev–Trinajstić information content (AvgIpc) is 3.25. The Morgan fingerprint density at radius 2 is 1.61 bits per heavy atom. The van der Waals surface area contributed by atoms with Crippen LogP contribution in [0.5, 0.6) is 0 Å². The van der Waals surface area contributed by atoms with Gasteiger partial charge in [0.25, 0.3) is 0 Å². The number of likely N-dealkylation sites (tertiary alicyclic amines) is 1. The average molecular weight is 565 g/mol. The van der Waals surface area contributed by atoms with Crippen molar-refractivity contribution < 1.29 is 29.0 Å². The Labute approximate surface area is 241 Å². The topological polar surface area (TPSA) is 103 Å². The van der Waals surface area contributed by atoms with Gasteiger partial charge < -0.3 is 29.3 Å². The molecule has 6 rings (SSSR count). The normalized spacial score (nSPS) is 33.6. The summed E-state index contributed by atoms with van der Waals surface area (Å²) in [6.07, 6.45) is 8.01. The van der Waals surface area contributed by atoms with Crippen LogP contribution in [0.2, 0.25) is 0 Å². The van der Waals surface area contributed by atoms with E-state index in [9.17, 15) is 19.5 Å². The summed E-state index contributed by atoms with van der Waals surface area (Å²) in [5.41, 5.74) is -1.31. The molecule has 5 aliphatic rings. The van der Waals surface area contributed by atoms with E-state index in [2.05, 4.69) is 4.90 Å². The van der Waals surface area contributed by atoms with Crippen molar-refractivity contribution in [2.75, 3.05) is 65.6 Å². The summed E-state index contributed by atoms with van der Waals surface area (Å²) in [7, 11) is 0. The van der Waals surface area contributed by atoms with Crippen LogP contribution in [0, 0.1) is 11.8 Å². The number of hydrogen-bond acceptors (Lipinski definition) is 7. The van der Waals surface area contributed by atoms with Crippen molar-refractivity contribution in [2.45, 2.75) is 37.1 Å². The first-order valence-corrected chi connectivity index (χ1v) is 14.8. The van der Waals surface area contributed by atoms with Gasteiger partial charge in [-0.05, 0) is 18.9 Å². The van der Waals surface area contributed by atoms with Crippen molar-refractivity contribution in [1.82, 2.24) is 19.6 Å². The van der Waals surface area contributed by atoms with Gasteiger partial charge in [-0.1, -0.05) is 54.6 Å². The van der Waals surface area contributed by atoms with Gasteiger partial charge in [0.15, 0.2) is 0 Å². The highest BCUT2D eigenvalue weighted by molar-refractivity contribution is 6.00. The van der Waals surface area contributed by atoms with Crippen LogP contribution in [-0.2, 0) is 30.4 Å². The molecule has 220 valence electrons. The number of aliphatic hydroxyl groups excluding tert-OH is 1. The highest BCUT2D eigenvalue weighted by Gasteiger charge is 2.74. The SMILES string of the molecule is C[C@@]12C=CCN(Cc3ccccc3)C(=O)[C@@H]1[C@H]1C(=O)N(CCCO)C3C(=O)N(CCN4CCOCC4)CC=C[C@@]31O2. The van der Waals surface area contributed by atoms with Crippen molar-refractivity contribution in [3.63, 3.8) is 0 Å². The number of rotatable bonds is 8. The van der Waals surface area contributed by atoms with Crippen LogP contribution in [0.1, 0.15) is 18.9 Å². The summed E-state index contributed by atoms with van der Waals surface area (Å²) in [6, 6.07) is 8.91. The predicted molar refractivity (Wildman–Crippen MR) is 150 cm³/mol. The summed E-state index contributed by atoms with van der Waals surface area (Å²) in [5, 5.41) is 9.63. The van der Waals surface area contributed by atoms with E-state index in [4.69, 9.17) is 9.47 Å². The van der Waals surface area contributed by atoms with E-state index in [0.717, 1.165) is 18.7 Å². The number of benzene rings is 1. The van der Waals surface area contributed by atoms with Crippen molar-refractivity contribution >= 4 is 17.7 Å². The van der Waals surface area contributed by atoms with E-state index in [0.29, 0.717) is 52.4 Å². The van der Waals surface area contributed by atoms with Gasteiger partial charge in [0.2, 0.25) is 17.7 Å². The van der Waals surface area contributed by atoms with E-state index in [-0.39, 0.29) is 30.9 Å². The molecule has 41 heavy (non-hydrogen) atoms. The van der Waals surface area contributed by atoms with Gasteiger partial charge >= 0.3 is 0 Å². The third-order valence-electron chi connectivity index (χ3n) is 9.29. The number of amides is 3. The third-order valence-corrected chi connectivity index (χ3v) is 9.29. The number of fused-ring (bicyclic) bond motifs is 2. The Kier molecular flexibility index (Phi) is 7.76. The maximum Gasteiger partial charge on any atom is 0.249 e. The highest BCUT2D eigenvalue weighted by Crippen LogP contribution is 2.57. The van der Waals surface area contributed by atoms with Gasteiger partial charge in [0.05, 0.1) is 30.7 Å². The molecule has 1 spiro atoms. The summed E-state index contributed by atoms with van der Waals surface area (Å²) < 4.78 is 12.3. The molecule has 0 aromatic heterocycles. The monoisotopic (exact) mass is 564 g/mol. The Morgan fingerprint density at radius 3 is 2.37 bits per heavy atom. The second-order valence-electron chi connectivity index (χ2n) is 11.9. The molecule has 1 N–H and O–H groups in total. The maximum absolute atomic E-state index is 14.3. The minimum Gasteiger partial charge on any atom is -0.396 e. The molecule has 1 aromatic rings. The molecule has 1 unspecified atom stereocenters. The largest absolute Gasteiger partial charge is 0.396 e. The van der Waals surface area contributed by atoms with Crippen LogP contribution in [0.4, 0.5) is 0 Å². The highest BCUT2D eigenvalue weighted by atomic mass is 16.5. The molecular formula is C31H40N4O6. The lowest BCUT2D eigenvalue weighted by Crippen LogP contribution is -2.56. The van der Waals surface area contributed by atoms with Gasteiger partial charge in [-0.3, -0.25) is 19.3 Å². The van der Waals surface area contributed by atoms with Gasteiger partial charge in [0.1, 0.15) is 11.6 Å². The first kappa shape index (κ1) is 28.1. The van der Waals surface area contributed by atoms with Crippen LogP contribution >= 0.6 is 0 Å². The fourth-order valence-electron chi connectivity index (χ4n) is 7.33. The smallest absolute Gasteiger partial charge is 0.249 e. The molecule has 3 fully saturated rings. The third kappa shape index (κ3) is 4.90. The van der Waals surface area contributed by atoms with E-state index in [1.807, 2.05) is 61.6 Å². The van der Waals surface area contributed by atoms with E-state index < -0.39 is 29.1 Å². The van der Waals surface area contributed by atoms with E-state index in [1.54, 1.807) is 14.7 Å². The molecule has 5 atom stereocenters. The first-order chi connectivity index (χ1) is 19.9. The lowest BCUT2D eigenvalue weighted by Gasteiger charge is -2.38. The molecular weight excluding hydrogens is 524 g/mol. The van der Waals surface area contributed by atoms with Crippen LogP contribution in [0.25, 0.3) is 0 Å². The molecule has 0 bridgehead atoms. The minimum absolute atomic E-state index is 0.104. The number of morpholine rings is 1. The number of nitrogens with zero attached hydrogens (tertiary/aromatic N) is 4. The van der Waals surface area contributed by atoms with Gasteiger partial charge in [-0.25, -0.2) is 0 Å². The quantitative estimate of drug-likeness (QED) is 0.463. The Bertz CT molecular complexity index is 1220. The Balaban J connectivity index is 1.33. The van der Waals surface area contributed by atoms with Crippen LogP contribution < -0.4 is 0 Å². The second kappa shape index (κ2) is 11.3.